The third kappa shape index (κ3) is 11.8. The number of carbonyl (C=O) groups is 2. The van der Waals surface area contributed by atoms with E-state index in [0.717, 1.165) is 25.1 Å². The number of piperidine rings is 1. The molecule has 1 aliphatic heterocycles. The van der Waals surface area contributed by atoms with E-state index in [1.165, 1.54) is 56.8 Å². The topological polar surface area (TPSA) is 80.8 Å². The molecule has 31 heavy (non-hydrogen) atoms. The van der Waals surface area contributed by atoms with Gasteiger partial charge in [0.25, 0.3) is 0 Å². The second-order valence-corrected chi connectivity index (χ2v) is 8.62. The average Bonchev–Trinajstić information content (AvgIpc) is 2.79. The van der Waals surface area contributed by atoms with E-state index in [1.807, 2.05) is 24.3 Å². The highest BCUT2D eigenvalue weighted by Gasteiger charge is 2.10. The first-order valence-electron chi connectivity index (χ1n) is 11.0. The minimum absolute atomic E-state index is 0.0376. The van der Waals surface area contributed by atoms with E-state index in [4.69, 9.17) is 4.74 Å². The highest BCUT2D eigenvalue weighted by Crippen LogP contribution is 2.15. The molecule has 0 radical (unpaired) electrons. The molecular formula is C23H35N3O4S. The van der Waals surface area contributed by atoms with Crippen LogP contribution in [0, 0.1) is 0 Å². The molecule has 7 nitrogen and oxygen atoms in total. The fraction of sp³-hybridized carbons (Fsp3) is 0.609. The van der Waals surface area contributed by atoms with Crippen LogP contribution in [-0.4, -0.2) is 66.6 Å². The quantitative estimate of drug-likeness (QED) is 0.265. The number of esters is 1. The number of pyridine rings is 1. The number of hydrogen-bond acceptors (Lipinski definition) is 7. The van der Waals surface area contributed by atoms with E-state index in [1.54, 1.807) is 6.20 Å². The Hall–Kier alpha value is -2.06. The number of nitrogens with zero attached hydrogens (tertiary/aromatic N) is 2. The lowest BCUT2D eigenvalue weighted by Crippen LogP contribution is -2.29. The predicted octanol–water partition coefficient (Wildman–Crippen LogP) is 3.20. The SMILES string of the molecule is COC(=O)CSCCCCC(=O)NCC=CCOc1cc(CN2CCCCC2)ccn1. The number of carbonyl (C=O) groups excluding carboxylic acids is 2. The summed E-state index contributed by atoms with van der Waals surface area (Å²) in [7, 11) is 1.39. The van der Waals surface area contributed by atoms with E-state index in [2.05, 4.69) is 19.9 Å². The molecule has 0 saturated carbocycles. The van der Waals surface area contributed by atoms with Crippen molar-refractivity contribution < 1.29 is 19.1 Å². The number of unbranched alkanes of at least 4 members (excludes halogenated alkanes) is 1. The van der Waals surface area contributed by atoms with Crippen molar-refractivity contribution in [1.29, 1.82) is 0 Å². The zero-order chi connectivity index (χ0) is 22.2. The van der Waals surface area contributed by atoms with Gasteiger partial charge in [-0.05, 0) is 62.2 Å². The Balaban J connectivity index is 1.51. The maximum absolute atomic E-state index is 11.8. The van der Waals surface area contributed by atoms with Crippen molar-refractivity contribution in [2.45, 2.75) is 45.1 Å². The average molecular weight is 450 g/mol. The summed E-state index contributed by atoms with van der Waals surface area (Å²) in [5.74, 6) is 1.68. The Morgan fingerprint density at radius 3 is 2.87 bits per heavy atom. The number of rotatable bonds is 14. The van der Waals surface area contributed by atoms with Gasteiger partial charge in [-0.3, -0.25) is 14.5 Å². The third-order valence-electron chi connectivity index (χ3n) is 4.96. The van der Waals surface area contributed by atoms with Gasteiger partial charge in [-0.2, -0.15) is 11.8 Å². The van der Waals surface area contributed by atoms with Crippen molar-refractivity contribution in [1.82, 2.24) is 15.2 Å². The highest BCUT2D eigenvalue weighted by molar-refractivity contribution is 7.99. The van der Waals surface area contributed by atoms with E-state index < -0.39 is 0 Å². The fourth-order valence-corrected chi connectivity index (χ4v) is 4.09. The van der Waals surface area contributed by atoms with Gasteiger partial charge in [0.1, 0.15) is 6.61 Å². The second-order valence-electron chi connectivity index (χ2n) is 7.51. The molecule has 172 valence electrons. The number of likely N-dealkylation sites (tertiary alicyclic amines) is 1. The van der Waals surface area contributed by atoms with Crippen LogP contribution in [0.15, 0.2) is 30.5 Å². The van der Waals surface area contributed by atoms with Gasteiger partial charge in [0, 0.05) is 31.8 Å². The zero-order valence-corrected chi connectivity index (χ0v) is 19.3. The zero-order valence-electron chi connectivity index (χ0n) is 18.5. The highest BCUT2D eigenvalue weighted by atomic mass is 32.2. The van der Waals surface area contributed by atoms with Crippen molar-refractivity contribution in [3.05, 3.63) is 36.0 Å². The number of ether oxygens (including phenoxy) is 2. The second kappa shape index (κ2) is 15.7. The molecule has 2 rings (SSSR count). The summed E-state index contributed by atoms with van der Waals surface area (Å²) in [5.41, 5.74) is 1.23. The fourth-order valence-electron chi connectivity index (χ4n) is 3.25. The van der Waals surface area contributed by atoms with Gasteiger partial charge in [0.05, 0.1) is 12.9 Å². The molecule has 0 atom stereocenters. The molecule has 8 heteroatoms. The van der Waals surface area contributed by atoms with Gasteiger partial charge in [-0.15, -0.1) is 0 Å². The minimum Gasteiger partial charge on any atom is -0.473 e. The Morgan fingerprint density at radius 2 is 2.06 bits per heavy atom. The van der Waals surface area contributed by atoms with E-state index in [9.17, 15) is 9.59 Å². The van der Waals surface area contributed by atoms with Gasteiger partial charge in [0.2, 0.25) is 11.8 Å². The van der Waals surface area contributed by atoms with E-state index >= 15 is 0 Å². The maximum atomic E-state index is 11.8. The lowest BCUT2D eigenvalue weighted by Gasteiger charge is -2.26. The van der Waals surface area contributed by atoms with Crippen molar-refractivity contribution in [3.63, 3.8) is 0 Å². The van der Waals surface area contributed by atoms with E-state index in [-0.39, 0.29) is 11.9 Å². The van der Waals surface area contributed by atoms with Crippen molar-refractivity contribution >= 4 is 23.6 Å². The van der Waals surface area contributed by atoms with Gasteiger partial charge in [0.15, 0.2) is 0 Å². The van der Waals surface area contributed by atoms with Gasteiger partial charge >= 0.3 is 5.97 Å². The summed E-state index contributed by atoms with van der Waals surface area (Å²) >= 11 is 1.53. The van der Waals surface area contributed by atoms with Crippen molar-refractivity contribution in [2.75, 3.05) is 44.9 Å². The Morgan fingerprint density at radius 1 is 1.23 bits per heavy atom. The first kappa shape index (κ1) is 25.2. The first-order valence-corrected chi connectivity index (χ1v) is 12.2. The summed E-state index contributed by atoms with van der Waals surface area (Å²) < 4.78 is 10.3. The minimum atomic E-state index is -0.209. The summed E-state index contributed by atoms with van der Waals surface area (Å²) in [6.07, 6.45) is 11.7. The van der Waals surface area contributed by atoms with Crippen LogP contribution in [0.25, 0.3) is 0 Å². The predicted molar refractivity (Wildman–Crippen MR) is 124 cm³/mol. The monoisotopic (exact) mass is 449 g/mol. The molecule has 1 aliphatic rings. The van der Waals surface area contributed by atoms with Crippen LogP contribution in [-0.2, 0) is 20.9 Å². The molecule has 0 bridgehead atoms. The molecule has 0 aromatic carbocycles. The molecule has 0 unspecified atom stereocenters. The van der Waals surface area contributed by atoms with Crippen LogP contribution >= 0.6 is 11.8 Å². The number of methoxy groups -OCH3 is 1. The standard InChI is InChI=1S/C23H35N3O4S/c1-29-23(28)19-31-16-8-3-9-21(27)24-11-4-7-15-30-22-17-20(10-12-25-22)18-26-13-5-2-6-14-26/h4,7,10,12,17H,2-3,5-6,8-9,11,13-16,18-19H2,1H3,(H,24,27). The lowest BCUT2D eigenvalue weighted by molar-refractivity contribution is -0.137. The van der Waals surface area contributed by atoms with Crippen LogP contribution in [0.4, 0.5) is 0 Å². The number of nitrogens with one attached hydrogen (secondary N) is 1. The van der Waals surface area contributed by atoms with Crippen LogP contribution < -0.4 is 10.1 Å². The molecule has 2 heterocycles. The summed E-state index contributed by atoms with van der Waals surface area (Å²) in [6.45, 7) is 4.20. The Bertz CT molecular complexity index is 693. The molecule has 1 amide bonds. The van der Waals surface area contributed by atoms with Crippen molar-refractivity contribution in [3.8, 4) is 5.88 Å². The van der Waals surface area contributed by atoms with E-state index in [0.29, 0.717) is 31.2 Å². The Kier molecular flexibility index (Phi) is 12.8. The summed E-state index contributed by atoms with van der Waals surface area (Å²) in [4.78, 5) is 29.6. The third-order valence-corrected chi connectivity index (χ3v) is 5.97. The molecule has 1 saturated heterocycles. The van der Waals surface area contributed by atoms with Gasteiger partial charge in [-0.1, -0.05) is 12.5 Å². The van der Waals surface area contributed by atoms with Gasteiger partial charge in [-0.25, -0.2) is 4.98 Å². The summed E-state index contributed by atoms with van der Waals surface area (Å²) in [6, 6.07) is 4.05. The molecule has 1 fully saturated rings. The largest absolute Gasteiger partial charge is 0.473 e. The summed E-state index contributed by atoms with van der Waals surface area (Å²) in [5, 5.41) is 2.87. The maximum Gasteiger partial charge on any atom is 0.315 e. The molecule has 0 spiro atoms. The van der Waals surface area contributed by atoms with Crippen LogP contribution in [0.2, 0.25) is 0 Å². The van der Waals surface area contributed by atoms with Gasteiger partial charge < -0.3 is 14.8 Å². The first-order chi connectivity index (χ1) is 15.2. The molecule has 0 aliphatic carbocycles. The normalized spacial score (nSPS) is 14.5. The molecular weight excluding hydrogens is 414 g/mol. The van der Waals surface area contributed by atoms with Crippen LogP contribution in [0.3, 0.4) is 0 Å². The molecule has 1 N–H and O–H groups in total. The lowest BCUT2D eigenvalue weighted by atomic mass is 10.1. The molecule has 1 aromatic rings. The number of amides is 1. The van der Waals surface area contributed by atoms with Crippen LogP contribution in [0.5, 0.6) is 5.88 Å². The number of thioether (sulfide) groups is 1. The number of aromatic nitrogens is 1. The Labute approximate surface area is 190 Å². The van der Waals surface area contributed by atoms with Crippen LogP contribution in [0.1, 0.15) is 44.1 Å². The molecule has 1 aromatic heterocycles. The number of hydrogen-bond donors (Lipinski definition) is 1. The van der Waals surface area contributed by atoms with Crippen molar-refractivity contribution in [2.24, 2.45) is 0 Å². The smallest absolute Gasteiger partial charge is 0.315 e.